The number of hydrogen-bond donors (Lipinski definition) is 1. The molecule has 0 unspecified atom stereocenters. The maximum Gasteiger partial charge on any atom is 0.498 e. The molecule has 1 saturated heterocycles. The van der Waals surface area contributed by atoms with E-state index in [0.29, 0.717) is 5.82 Å². The van der Waals surface area contributed by atoms with Crippen molar-refractivity contribution in [1.29, 1.82) is 0 Å². The Morgan fingerprint density at radius 1 is 1.17 bits per heavy atom. The van der Waals surface area contributed by atoms with E-state index in [1.54, 1.807) is 6.20 Å². The monoisotopic (exact) mass is 318 g/mol. The van der Waals surface area contributed by atoms with Gasteiger partial charge in [-0.1, -0.05) is 26.8 Å². The summed E-state index contributed by atoms with van der Waals surface area (Å²) < 4.78 is 12.2. The van der Waals surface area contributed by atoms with Crippen molar-refractivity contribution in [2.45, 2.75) is 66.6 Å². The van der Waals surface area contributed by atoms with Crippen molar-refractivity contribution >= 4 is 24.3 Å². The van der Waals surface area contributed by atoms with Crippen LogP contribution in [0.3, 0.4) is 0 Å². The largest absolute Gasteiger partial charge is 0.498 e. The number of rotatable bonds is 2. The first-order valence-corrected chi connectivity index (χ1v) is 7.97. The molecule has 0 bridgehead atoms. The molecular formula is C17H27BN2O3. The van der Waals surface area contributed by atoms with Gasteiger partial charge >= 0.3 is 7.12 Å². The maximum absolute atomic E-state index is 12.3. The van der Waals surface area contributed by atoms with E-state index in [1.807, 2.05) is 61.5 Å². The summed E-state index contributed by atoms with van der Waals surface area (Å²) >= 11 is 0. The van der Waals surface area contributed by atoms with E-state index in [-0.39, 0.29) is 5.91 Å². The molecule has 2 rings (SSSR count). The van der Waals surface area contributed by atoms with E-state index < -0.39 is 23.7 Å². The second-order valence-electron chi connectivity index (χ2n) is 8.24. The SMILES string of the molecule is Cc1cnc(NC(=O)C(C)(C)C)c(B2OC(C)(C)C(C)(C)O2)c1. The number of aryl methyl sites for hydroxylation is 1. The molecule has 1 fully saturated rings. The van der Waals surface area contributed by atoms with Gasteiger partial charge in [0.1, 0.15) is 5.82 Å². The van der Waals surface area contributed by atoms with Crippen LogP contribution in [0.4, 0.5) is 5.82 Å². The number of carbonyl (C=O) groups excluding carboxylic acids is 1. The highest BCUT2D eigenvalue weighted by Gasteiger charge is 2.52. The normalized spacial score (nSPS) is 19.7. The summed E-state index contributed by atoms with van der Waals surface area (Å²) in [7, 11) is -0.553. The molecule has 0 aromatic carbocycles. The fourth-order valence-electron chi connectivity index (χ4n) is 2.14. The van der Waals surface area contributed by atoms with Gasteiger partial charge in [-0.3, -0.25) is 4.79 Å². The molecule has 2 heterocycles. The van der Waals surface area contributed by atoms with Crippen molar-refractivity contribution in [2.24, 2.45) is 5.41 Å². The zero-order valence-corrected chi connectivity index (χ0v) is 15.4. The molecule has 1 N–H and O–H groups in total. The summed E-state index contributed by atoms with van der Waals surface area (Å²) in [6, 6.07) is 1.95. The zero-order chi connectivity index (χ0) is 17.6. The first-order chi connectivity index (χ1) is 10.3. The van der Waals surface area contributed by atoms with Crippen molar-refractivity contribution in [3.05, 3.63) is 17.8 Å². The summed E-state index contributed by atoms with van der Waals surface area (Å²) in [6.45, 7) is 15.6. The van der Waals surface area contributed by atoms with Gasteiger partial charge < -0.3 is 14.6 Å². The molecule has 1 amide bonds. The summed E-state index contributed by atoms with van der Waals surface area (Å²) in [4.78, 5) is 16.7. The highest BCUT2D eigenvalue weighted by Crippen LogP contribution is 2.37. The van der Waals surface area contributed by atoms with Crippen LogP contribution in [0.1, 0.15) is 54.0 Å². The van der Waals surface area contributed by atoms with Crippen molar-refractivity contribution in [1.82, 2.24) is 4.98 Å². The highest BCUT2D eigenvalue weighted by atomic mass is 16.7. The Morgan fingerprint density at radius 3 is 2.17 bits per heavy atom. The van der Waals surface area contributed by atoms with Gasteiger partial charge in [0.05, 0.1) is 11.2 Å². The Balaban J connectivity index is 2.36. The summed E-state index contributed by atoms with van der Waals surface area (Å²) in [5.74, 6) is 0.403. The number of aromatic nitrogens is 1. The van der Waals surface area contributed by atoms with Crippen LogP contribution in [0.15, 0.2) is 12.3 Å². The van der Waals surface area contributed by atoms with Gasteiger partial charge in [-0.2, -0.15) is 0 Å². The van der Waals surface area contributed by atoms with Crippen LogP contribution in [0.5, 0.6) is 0 Å². The predicted molar refractivity (Wildman–Crippen MR) is 92.8 cm³/mol. The Kier molecular flexibility index (Phi) is 4.37. The molecule has 1 aromatic heterocycles. The summed E-state index contributed by atoms with van der Waals surface area (Å²) in [5, 5.41) is 2.90. The second kappa shape index (κ2) is 5.60. The molecular weight excluding hydrogens is 291 g/mol. The van der Waals surface area contributed by atoms with Gasteiger partial charge in [-0.25, -0.2) is 4.98 Å². The predicted octanol–water partition coefficient (Wildman–Crippen LogP) is 2.67. The molecule has 0 saturated carbocycles. The number of nitrogens with one attached hydrogen (secondary N) is 1. The summed E-state index contributed by atoms with van der Waals surface area (Å²) in [6.07, 6.45) is 1.73. The average molecular weight is 318 g/mol. The fourth-order valence-corrected chi connectivity index (χ4v) is 2.14. The number of carbonyl (C=O) groups is 1. The van der Waals surface area contributed by atoms with Crippen LogP contribution < -0.4 is 10.8 Å². The van der Waals surface area contributed by atoms with Crippen LogP contribution in [0, 0.1) is 12.3 Å². The first kappa shape index (κ1) is 18.0. The van der Waals surface area contributed by atoms with E-state index in [0.717, 1.165) is 11.0 Å². The molecule has 23 heavy (non-hydrogen) atoms. The number of pyridine rings is 1. The third kappa shape index (κ3) is 3.58. The number of anilines is 1. The Morgan fingerprint density at radius 2 is 1.70 bits per heavy atom. The molecule has 0 aliphatic carbocycles. The Bertz CT molecular complexity index is 605. The van der Waals surface area contributed by atoms with E-state index in [2.05, 4.69) is 10.3 Å². The minimum absolute atomic E-state index is 0.0911. The lowest BCUT2D eigenvalue weighted by molar-refractivity contribution is -0.123. The van der Waals surface area contributed by atoms with Crippen molar-refractivity contribution in [2.75, 3.05) is 5.32 Å². The lowest BCUT2D eigenvalue weighted by Crippen LogP contribution is -2.41. The second-order valence-corrected chi connectivity index (χ2v) is 8.24. The van der Waals surface area contributed by atoms with Crippen LogP contribution in [0.2, 0.25) is 0 Å². The van der Waals surface area contributed by atoms with Crippen LogP contribution in [0.25, 0.3) is 0 Å². The van der Waals surface area contributed by atoms with Gasteiger partial charge in [0, 0.05) is 17.1 Å². The van der Waals surface area contributed by atoms with Gasteiger partial charge in [-0.15, -0.1) is 0 Å². The molecule has 126 valence electrons. The standard InChI is InChI=1S/C17H27BN2O3/c1-11-9-12(18-22-16(5,6)17(7,8)23-18)13(19-10-11)20-14(21)15(2,3)4/h9-10H,1-8H3,(H,19,20,21). The minimum Gasteiger partial charge on any atom is -0.399 e. The molecule has 0 spiro atoms. The molecule has 0 atom stereocenters. The molecule has 0 radical (unpaired) electrons. The van der Waals surface area contributed by atoms with Crippen LogP contribution in [-0.4, -0.2) is 29.2 Å². The minimum atomic E-state index is -0.553. The third-order valence-corrected chi connectivity index (χ3v) is 4.47. The number of nitrogens with zero attached hydrogens (tertiary/aromatic N) is 1. The quantitative estimate of drug-likeness (QED) is 0.852. The lowest BCUT2D eigenvalue weighted by atomic mass is 9.78. The highest BCUT2D eigenvalue weighted by molar-refractivity contribution is 6.64. The molecule has 6 heteroatoms. The van der Waals surface area contributed by atoms with E-state index >= 15 is 0 Å². The number of amides is 1. The lowest BCUT2D eigenvalue weighted by Gasteiger charge is -2.32. The Labute approximate surface area is 139 Å². The zero-order valence-electron chi connectivity index (χ0n) is 15.4. The topological polar surface area (TPSA) is 60.5 Å². The third-order valence-electron chi connectivity index (χ3n) is 4.47. The van der Waals surface area contributed by atoms with Crippen molar-refractivity contribution in [3.63, 3.8) is 0 Å². The van der Waals surface area contributed by atoms with Gasteiger partial charge in [0.15, 0.2) is 0 Å². The van der Waals surface area contributed by atoms with E-state index in [4.69, 9.17) is 9.31 Å². The molecule has 1 aromatic rings. The van der Waals surface area contributed by atoms with Crippen molar-refractivity contribution in [3.8, 4) is 0 Å². The smallest absolute Gasteiger partial charge is 0.399 e. The van der Waals surface area contributed by atoms with Crippen LogP contribution >= 0.6 is 0 Å². The van der Waals surface area contributed by atoms with E-state index in [9.17, 15) is 4.79 Å². The van der Waals surface area contributed by atoms with Gasteiger partial charge in [-0.05, 0) is 40.2 Å². The molecule has 1 aliphatic heterocycles. The Hall–Kier alpha value is -1.40. The fraction of sp³-hybridized carbons (Fsp3) is 0.647. The number of hydrogen-bond acceptors (Lipinski definition) is 4. The molecule has 5 nitrogen and oxygen atoms in total. The average Bonchev–Trinajstić information content (AvgIpc) is 2.59. The van der Waals surface area contributed by atoms with Crippen molar-refractivity contribution < 1.29 is 14.1 Å². The van der Waals surface area contributed by atoms with Gasteiger partial charge in [0.25, 0.3) is 0 Å². The first-order valence-electron chi connectivity index (χ1n) is 7.97. The van der Waals surface area contributed by atoms with E-state index in [1.165, 1.54) is 0 Å². The summed E-state index contributed by atoms with van der Waals surface area (Å²) in [5.41, 5.74) is 0.365. The van der Waals surface area contributed by atoms with Gasteiger partial charge in [0.2, 0.25) is 5.91 Å². The maximum atomic E-state index is 12.3. The molecule has 1 aliphatic rings. The van der Waals surface area contributed by atoms with Crippen LogP contribution in [-0.2, 0) is 14.1 Å².